The van der Waals surface area contributed by atoms with Gasteiger partial charge in [0.05, 0.1) is 36.9 Å². The molecule has 0 spiro atoms. The molecule has 0 aliphatic carbocycles. The number of hydrogen-bond donors (Lipinski definition) is 0. The highest BCUT2D eigenvalue weighted by atomic mass is 32.2. The van der Waals surface area contributed by atoms with Crippen LogP contribution in [0.15, 0.2) is 30.3 Å². The molecule has 0 aromatic heterocycles. The van der Waals surface area contributed by atoms with Crippen LogP contribution in [-0.4, -0.2) is 42.6 Å². The van der Waals surface area contributed by atoms with E-state index in [-0.39, 0.29) is 24.0 Å². The minimum Gasteiger partial charge on any atom is -0.459 e. The molecule has 0 amide bonds. The summed E-state index contributed by atoms with van der Waals surface area (Å²) < 4.78 is 74.9. The van der Waals surface area contributed by atoms with Crippen LogP contribution in [0, 0.1) is 0 Å². The second-order valence-electron chi connectivity index (χ2n) is 12.6. The quantitative estimate of drug-likeness (QED) is 0.262. The van der Waals surface area contributed by atoms with E-state index in [1.54, 1.807) is 12.2 Å². The molecular weight excluding hydrogens is 568 g/mol. The topological polar surface area (TPSA) is 114 Å². The van der Waals surface area contributed by atoms with Crippen molar-refractivity contribution in [1.82, 2.24) is 0 Å². The van der Waals surface area contributed by atoms with Gasteiger partial charge in [-0.05, 0) is 58.6 Å². The zero-order chi connectivity index (χ0) is 30.4. The molecule has 0 radical (unpaired) electrons. The Morgan fingerprint density at radius 3 is 1.88 bits per heavy atom. The van der Waals surface area contributed by atoms with E-state index in [1.807, 2.05) is 18.2 Å². The molecule has 0 saturated carbocycles. The summed E-state index contributed by atoms with van der Waals surface area (Å²) in [6.45, 7) is 12.6. The Labute approximate surface area is 244 Å². The van der Waals surface area contributed by atoms with Crippen LogP contribution in [0.5, 0.6) is 11.5 Å². The third-order valence-electron chi connectivity index (χ3n) is 6.84. The molecule has 2 bridgehead atoms. The first-order chi connectivity index (χ1) is 18.8. The van der Waals surface area contributed by atoms with Crippen molar-refractivity contribution in [2.75, 3.05) is 25.7 Å². The highest BCUT2D eigenvalue weighted by molar-refractivity contribution is 7.86. The van der Waals surface area contributed by atoms with Gasteiger partial charge in [0.1, 0.15) is 11.5 Å². The summed E-state index contributed by atoms with van der Waals surface area (Å²) in [6.07, 6.45) is 5.06. The van der Waals surface area contributed by atoms with Gasteiger partial charge < -0.3 is 9.47 Å². The van der Waals surface area contributed by atoms with Gasteiger partial charge in [-0.3, -0.25) is 13.1 Å². The molecule has 0 saturated heterocycles. The van der Waals surface area contributed by atoms with Crippen molar-refractivity contribution in [2.24, 2.45) is 0 Å². The lowest BCUT2D eigenvalue weighted by Crippen LogP contribution is -2.32. The van der Waals surface area contributed by atoms with E-state index in [0.29, 0.717) is 24.3 Å². The first-order valence-corrected chi connectivity index (χ1v) is 17.1. The average molecular weight is 609 g/mol. The van der Waals surface area contributed by atoms with Crippen molar-refractivity contribution in [3.05, 3.63) is 63.7 Å². The Morgan fingerprint density at radius 2 is 1.32 bits per heavy atom. The van der Waals surface area contributed by atoms with Crippen molar-refractivity contribution in [1.29, 1.82) is 0 Å². The summed E-state index contributed by atoms with van der Waals surface area (Å²) >= 11 is 0. The van der Waals surface area contributed by atoms with E-state index in [2.05, 4.69) is 47.6 Å². The van der Waals surface area contributed by atoms with Crippen LogP contribution in [0.25, 0.3) is 6.08 Å². The Hall–Kier alpha value is -2.44. The van der Waals surface area contributed by atoms with Crippen LogP contribution < -0.4 is 9.47 Å². The van der Waals surface area contributed by atoms with Crippen LogP contribution in [0.4, 0.5) is 0 Å². The van der Waals surface area contributed by atoms with Gasteiger partial charge in [-0.25, -0.2) is 0 Å². The predicted octanol–water partition coefficient (Wildman–Crippen LogP) is 5.68. The average Bonchev–Trinajstić information content (AvgIpc) is 2.82. The molecule has 2 aromatic carbocycles. The van der Waals surface area contributed by atoms with E-state index in [4.69, 9.17) is 22.6 Å². The lowest BCUT2D eigenvalue weighted by molar-refractivity contribution is -0.228. The third kappa shape index (κ3) is 7.90. The Morgan fingerprint density at radius 1 is 0.780 bits per heavy atom. The molecule has 2 atom stereocenters. The van der Waals surface area contributed by atoms with Gasteiger partial charge in [-0.15, -0.1) is 0 Å². The molecule has 2 aliphatic rings. The smallest absolute Gasteiger partial charge is 0.264 e. The summed E-state index contributed by atoms with van der Waals surface area (Å²) in [5.74, 6) is 1.27. The van der Waals surface area contributed by atoms with Gasteiger partial charge in [0, 0.05) is 5.56 Å². The summed E-state index contributed by atoms with van der Waals surface area (Å²) in [5.41, 5.74) is 4.91. The summed E-state index contributed by atoms with van der Waals surface area (Å²) in [4.78, 5) is 0. The molecule has 226 valence electrons. The number of aryl methyl sites for hydroxylation is 1. The fourth-order valence-corrected chi connectivity index (χ4v) is 5.41. The van der Waals surface area contributed by atoms with Gasteiger partial charge in [0.25, 0.3) is 20.2 Å². The zero-order valence-corrected chi connectivity index (χ0v) is 26.6. The normalized spacial score (nSPS) is 18.9. The second-order valence-corrected chi connectivity index (χ2v) is 15.9. The SMILES string of the molecule is CC(C)(C)c1cc(/C=C\COS(C)(=O)=O)c2c(c1)C1Oc3c(CCCOS(C)(=O)=O)cc(C(C)(C)C)cc3C(O2)O1. The zero-order valence-electron chi connectivity index (χ0n) is 24.9. The van der Waals surface area contributed by atoms with Crippen molar-refractivity contribution in [3.8, 4) is 11.5 Å². The van der Waals surface area contributed by atoms with E-state index in [9.17, 15) is 16.8 Å². The molecule has 2 heterocycles. The van der Waals surface area contributed by atoms with Crippen LogP contribution in [0.3, 0.4) is 0 Å². The van der Waals surface area contributed by atoms with E-state index >= 15 is 0 Å². The Balaban J connectivity index is 1.74. The summed E-state index contributed by atoms with van der Waals surface area (Å²) in [6, 6.07) is 8.19. The second kappa shape index (κ2) is 11.3. The van der Waals surface area contributed by atoms with Crippen LogP contribution >= 0.6 is 0 Å². The lowest BCUT2D eigenvalue weighted by Gasteiger charge is -2.40. The minimum absolute atomic E-state index is 0.0731. The number of benzene rings is 2. The van der Waals surface area contributed by atoms with Crippen molar-refractivity contribution in [2.45, 2.75) is 77.8 Å². The van der Waals surface area contributed by atoms with E-state index < -0.39 is 32.8 Å². The highest BCUT2D eigenvalue weighted by Crippen LogP contribution is 2.52. The van der Waals surface area contributed by atoms with Crippen molar-refractivity contribution in [3.63, 3.8) is 0 Å². The number of hydrogen-bond acceptors (Lipinski definition) is 9. The fraction of sp³-hybridized carbons (Fsp3) is 0.533. The molecule has 2 unspecified atom stereocenters. The monoisotopic (exact) mass is 608 g/mol. The molecule has 2 aliphatic heterocycles. The minimum atomic E-state index is -3.57. The Kier molecular flexibility index (Phi) is 8.70. The molecule has 11 heteroatoms. The predicted molar refractivity (Wildman–Crippen MR) is 157 cm³/mol. The molecule has 2 aromatic rings. The maximum atomic E-state index is 11.4. The highest BCUT2D eigenvalue weighted by Gasteiger charge is 2.41. The number of fused-ring (bicyclic) bond motifs is 6. The van der Waals surface area contributed by atoms with Crippen LogP contribution in [0.2, 0.25) is 0 Å². The first-order valence-electron chi connectivity index (χ1n) is 13.5. The number of ether oxygens (including phenoxy) is 3. The molecule has 4 rings (SSSR count). The maximum absolute atomic E-state index is 11.4. The fourth-order valence-electron chi connectivity index (χ4n) is 4.66. The third-order valence-corrected chi connectivity index (χ3v) is 8.00. The van der Waals surface area contributed by atoms with Gasteiger partial charge in [-0.2, -0.15) is 16.8 Å². The van der Waals surface area contributed by atoms with E-state index in [0.717, 1.165) is 45.9 Å². The molecule has 9 nitrogen and oxygen atoms in total. The molecule has 0 N–H and O–H groups in total. The largest absolute Gasteiger partial charge is 0.459 e. The summed E-state index contributed by atoms with van der Waals surface area (Å²) in [7, 11) is -7.09. The molecular formula is C30H40O9S2. The maximum Gasteiger partial charge on any atom is 0.264 e. The van der Waals surface area contributed by atoms with Crippen LogP contribution in [-0.2, 0) is 50.6 Å². The van der Waals surface area contributed by atoms with Gasteiger partial charge >= 0.3 is 0 Å². The standard InChI is InChI=1S/C30H40O9S2/c1-29(2,3)21-15-19(11-9-13-35-40(7,31)32)25-23(17-21)27-38-26-20(12-10-14-36-41(8,33)34)16-22(30(4,5)6)18-24(26)28(37-25)39-27/h9,11,15-18,27-28H,10,12-14H2,1-8H3/b11-9-. The van der Waals surface area contributed by atoms with Gasteiger partial charge in [0.2, 0.25) is 12.6 Å². The van der Waals surface area contributed by atoms with Gasteiger partial charge in [-0.1, -0.05) is 59.8 Å². The van der Waals surface area contributed by atoms with Crippen molar-refractivity contribution < 1.29 is 39.4 Å². The molecule has 41 heavy (non-hydrogen) atoms. The van der Waals surface area contributed by atoms with Crippen LogP contribution in [0.1, 0.15) is 93.9 Å². The van der Waals surface area contributed by atoms with Gasteiger partial charge in [0.15, 0.2) is 0 Å². The summed E-state index contributed by atoms with van der Waals surface area (Å²) in [5, 5.41) is 0. The van der Waals surface area contributed by atoms with E-state index in [1.165, 1.54) is 0 Å². The Bertz CT molecular complexity index is 1540. The lowest BCUT2D eigenvalue weighted by atomic mass is 9.83. The molecule has 0 fully saturated rings. The number of rotatable bonds is 9. The van der Waals surface area contributed by atoms with Crippen molar-refractivity contribution >= 4 is 26.3 Å². The first kappa shape index (κ1) is 31.5.